The van der Waals surface area contributed by atoms with E-state index in [0.29, 0.717) is 6.04 Å². The normalized spacial score (nSPS) is 12.8. The first-order valence-corrected chi connectivity index (χ1v) is 6.65. The number of hydrazine groups is 1. The zero-order valence-electron chi connectivity index (χ0n) is 8.16. The molecule has 2 nitrogen and oxygen atoms in total. The first kappa shape index (κ1) is 12.0. The van der Waals surface area contributed by atoms with Gasteiger partial charge in [-0.3, -0.25) is 11.3 Å². The number of nitrogens with two attached hydrogens (primary N) is 1. The average Bonchev–Trinajstić information content (AvgIpc) is 2.20. The molecule has 1 aromatic rings. The molecule has 1 unspecified atom stereocenters. The van der Waals surface area contributed by atoms with Crippen molar-refractivity contribution >= 4 is 27.7 Å². The Labute approximate surface area is 97.7 Å². The Balaban J connectivity index is 2.62. The summed E-state index contributed by atoms with van der Waals surface area (Å²) in [6.45, 7) is 0. The maximum atomic E-state index is 5.48. The van der Waals surface area contributed by atoms with Gasteiger partial charge in [0.1, 0.15) is 0 Å². The molecule has 0 heterocycles. The molecule has 0 aliphatic heterocycles. The van der Waals surface area contributed by atoms with Crippen molar-refractivity contribution in [1.82, 2.24) is 5.43 Å². The standard InChI is InChI=1S/C10H15BrN2S/c1-14-7-9(13-12)6-8-4-2-3-5-10(8)11/h2-5,9,13H,6-7,12H2,1H3. The minimum Gasteiger partial charge on any atom is -0.271 e. The van der Waals surface area contributed by atoms with Crippen molar-refractivity contribution in [3.63, 3.8) is 0 Å². The molecule has 1 rings (SSSR count). The molecule has 0 fully saturated rings. The van der Waals surface area contributed by atoms with E-state index in [-0.39, 0.29) is 0 Å². The van der Waals surface area contributed by atoms with E-state index in [1.54, 1.807) is 11.8 Å². The van der Waals surface area contributed by atoms with Gasteiger partial charge in [-0.25, -0.2) is 0 Å². The van der Waals surface area contributed by atoms with Gasteiger partial charge in [-0.15, -0.1) is 0 Å². The molecule has 0 aliphatic carbocycles. The lowest BCUT2D eigenvalue weighted by Gasteiger charge is -2.15. The van der Waals surface area contributed by atoms with Gasteiger partial charge in [-0.1, -0.05) is 34.1 Å². The van der Waals surface area contributed by atoms with Gasteiger partial charge in [0.2, 0.25) is 0 Å². The Morgan fingerprint density at radius 1 is 1.50 bits per heavy atom. The van der Waals surface area contributed by atoms with E-state index in [1.807, 2.05) is 12.1 Å². The monoisotopic (exact) mass is 274 g/mol. The molecule has 1 aromatic carbocycles. The fraction of sp³-hybridized carbons (Fsp3) is 0.400. The predicted molar refractivity (Wildman–Crippen MR) is 67.3 cm³/mol. The van der Waals surface area contributed by atoms with Crippen LogP contribution in [-0.4, -0.2) is 18.1 Å². The largest absolute Gasteiger partial charge is 0.271 e. The Bertz CT molecular complexity index is 281. The van der Waals surface area contributed by atoms with Crippen LogP contribution in [0.4, 0.5) is 0 Å². The predicted octanol–water partition coefficient (Wildman–Crippen LogP) is 2.19. The van der Waals surface area contributed by atoms with Crippen molar-refractivity contribution in [2.24, 2.45) is 5.84 Å². The second-order valence-electron chi connectivity index (χ2n) is 3.11. The Morgan fingerprint density at radius 2 is 2.21 bits per heavy atom. The Hall–Kier alpha value is -0.0300. The molecule has 4 heteroatoms. The fourth-order valence-electron chi connectivity index (χ4n) is 1.30. The van der Waals surface area contributed by atoms with Crippen molar-refractivity contribution in [3.05, 3.63) is 34.3 Å². The van der Waals surface area contributed by atoms with Crippen LogP contribution in [0.25, 0.3) is 0 Å². The molecule has 0 radical (unpaired) electrons. The van der Waals surface area contributed by atoms with Crippen LogP contribution >= 0.6 is 27.7 Å². The lowest BCUT2D eigenvalue weighted by atomic mass is 10.1. The first-order valence-electron chi connectivity index (χ1n) is 4.46. The SMILES string of the molecule is CSCC(Cc1ccccc1Br)NN. The van der Waals surface area contributed by atoms with E-state index in [0.717, 1.165) is 16.6 Å². The fourth-order valence-corrected chi connectivity index (χ4v) is 2.36. The van der Waals surface area contributed by atoms with Crippen LogP contribution in [-0.2, 0) is 6.42 Å². The van der Waals surface area contributed by atoms with Crippen molar-refractivity contribution in [1.29, 1.82) is 0 Å². The van der Waals surface area contributed by atoms with E-state index in [4.69, 9.17) is 5.84 Å². The summed E-state index contributed by atoms with van der Waals surface area (Å²) in [5, 5.41) is 0. The molecule has 0 spiro atoms. The van der Waals surface area contributed by atoms with E-state index in [1.165, 1.54) is 5.56 Å². The van der Waals surface area contributed by atoms with Crippen LogP contribution in [0.15, 0.2) is 28.7 Å². The summed E-state index contributed by atoms with van der Waals surface area (Å²) in [6.07, 6.45) is 3.04. The third-order valence-corrected chi connectivity index (χ3v) is 3.54. The maximum Gasteiger partial charge on any atom is 0.0341 e. The molecule has 0 saturated carbocycles. The molecular weight excluding hydrogens is 260 g/mol. The summed E-state index contributed by atoms with van der Waals surface area (Å²) in [6, 6.07) is 8.58. The molecule has 0 amide bonds. The highest BCUT2D eigenvalue weighted by Gasteiger charge is 2.08. The zero-order valence-corrected chi connectivity index (χ0v) is 10.6. The van der Waals surface area contributed by atoms with E-state index >= 15 is 0 Å². The van der Waals surface area contributed by atoms with E-state index in [9.17, 15) is 0 Å². The van der Waals surface area contributed by atoms with Gasteiger partial charge in [0.05, 0.1) is 0 Å². The average molecular weight is 275 g/mol. The highest BCUT2D eigenvalue weighted by atomic mass is 79.9. The van der Waals surface area contributed by atoms with E-state index in [2.05, 4.69) is 39.7 Å². The van der Waals surface area contributed by atoms with Gasteiger partial charge in [0.25, 0.3) is 0 Å². The molecule has 1 atom stereocenters. The summed E-state index contributed by atoms with van der Waals surface area (Å²) >= 11 is 5.33. The number of hydrogen-bond acceptors (Lipinski definition) is 3. The smallest absolute Gasteiger partial charge is 0.0341 e. The third-order valence-electron chi connectivity index (χ3n) is 2.03. The molecular formula is C10H15BrN2S. The van der Waals surface area contributed by atoms with Gasteiger partial charge in [0.15, 0.2) is 0 Å². The lowest BCUT2D eigenvalue weighted by Crippen LogP contribution is -2.38. The first-order chi connectivity index (χ1) is 6.77. The van der Waals surface area contributed by atoms with Crippen LogP contribution in [0.1, 0.15) is 5.56 Å². The van der Waals surface area contributed by atoms with Crippen LogP contribution in [0, 0.1) is 0 Å². The molecule has 14 heavy (non-hydrogen) atoms. The summed E-state index contributed by atoms with van der Waals surface area (Å²) < 4.78 is 1.15. The molecule has 0 aliphatic rings. The van der Waals surface area contributed by atoms with Gasteiger partial charge >= 0.3 is 0 Å². The Morgan fingerprint density at radius 3 is 2.79 bits per heavy atom. The van der Waals surface area contributed by atoms with Gasteiger partial charge in [0, 0.05) is 16.3 Å². The molecule has 0 aromatic heterocycles. The number of halogens is 1. The van der Waals surface area contributed by atoms with Crippen molar-refractivity contribution in [2.75, 3.05) is 12.0 Å². The van der Waals surface area contributed by atoms with Gasteiger partial charge < -0.3 is 0 Å². The minimum absolute atomic E-state index is 0.337. The number of hydrogen-bond donors (Lipinski definition) is 2. The quantitative estimate of drug-likeness (QED) is 0.639. The zero-order chi connectivity index (χ0) is 10.4. The van der Waals surface area contributed by atoms with Gasteiger partial charge in [-0.05, 0) is 24.3 Å². The second kappa shape index (κ2) is 6.45. The molecule has 0 saturated heterocycles. The summed E-state index contributed by atoms with van der Waals surface area (Å²) in [7, 11) is 0. The molecule has 3 N–H and O–H groups in total. The summed E-state index contributed by atoms with van der Waals surface area (Å²) in [4.78, 5) is 0. The van der Waals surface area contributed by atoms with Crippen molar-refractivity contribution < 1.29 is 0 Å². The van der Waals surface area contributed by atoms with Crippen LogP contribution < -0.4 is 11.3 Å². The minimum atomic E-state index is 0.337. The van der Waals surface area contributed by atoms with Gasteiger partial charge in [-0.2, -0.15) is 11.8 Å². The number of thioether (sulfide) groups is 1. The number of benzene rings is 1. The van der Waals surface area contributed by atoms with Crippen molar-refractivity contribution in [2.45, 2.75) is 12.5 Å². The Kier molecular flexibility index (Phi) is 5.55. The van der Waals surface area contributed by atoms with Crippen molar-refractivity contribution in [3.8, 4) is 0 Å². The lowest BCUT2D eigenvalue weighted by molar-refractivity contribution is 0.575. The second-order valence-corrected chi connectivity index (χ2v) is 4.88. The highest BCUT2D eigenvalue weighted by Crippen LogP contribution is 2.18. The van der Waals surface area contributed by atoms with E-state index < -0.39 is 0 Å². The molecule has 78 valence electrons. The summed E-state index contributed by atoms with van der Waals surface area (Å²) in [5.41, 5.74) is 4.13. The summed E-state index contributed by atoms with van der Waals surface area (Å²) in [5.74, 6) is 6.50. The highest BCUT2D eigenvalue weighted by molar-refractivity contribution is 9.10. The number of rotatable bonds is 5. The van der Waals surface area contributed by atoms with Crippen LogP contribution in [0.5, 0.6) is 0 Å². The van der Waals surface area contributed by atoms with Crippen LogP contribution in [0.3, 0.4) is 0 Å². The topological polar surface area (TPSA) is 38.0 Å². The number of nitrogens with one attached hydrogen (secondary N) is 1. The maximum absolute atomic E-state index is 5.48. The third kappa shape index (κ3) is 3.61. The van der Waals surface area contributed by atoms with Crippen LogP contribution in [0.2, 0.25) is 0 Å². The molecule has 0 bridgehead atoms.